The second-order valence-corrected chi connectivity index (χ2v) is 28.6. The third-order valence-corrected chi connectivity index (χ3v) is 20.3. The highest BCUT2D eigenvalue weighted by atomic mass is 16.5. The van der Waals surface area contributed by atoms with E-state index >= 15 is 19.2 Å². The Morgan fingerprint density at radius 1 is 0.500 bits per heavy atom. The fourth-order valence-electron chi connectivity index (χ4n) is 13.8. The monoisotopic (exact) mass is 1480 g/mol. The summed E-state index contributed by atoms with van der Waals surface area (Å²) in [6, 6.07) is 26.0. The van der Waals surface area contributed by atoms with Gasteiger partial charge in [-0.05, 0) is 101 Å². The van der Waals surface area contributed by atoms with E-state index in [9.17, 15) is 39.0 Å². The number of likely N-dealkylation sites (tertiary alicyclic amines) is 2. The molecule has 6 aliphatic heterocycles. The molecule has 12 bridgehead atoms. The van der Waals surface area contributed by atoms with E-state index in [2.05, 4.69) is 63.2 Å². The summed E-state index contributed by atoms with van der Waals surface area (Å²) in [6.45, 7) is 9.98. The highest BCUT2D eigenvalue weighted by Gasteiger charge is 2.47. The number of carbonyl (C=O) groups excluding carboxylic acids is 8. The SMILES string of the molecule is CNC(C)C(=O)NC(C(=O)N1CC2CC1C(=O)NC(Cc1cccc3ccccc13)C(=O)NC(C(=O)O)Cc1ccc(cc1)COc1cn(nn1)C1CC(C(=O)NC(Cc3cccc4ccccc34)C(=O)NC(C(=O)O)Cc3ccc(cc3)OCc3cn2nn3)N(C(=O)C(NC(=O)C(C)NC)C(C)C)C1)C(C)C. The molecule has 0 spiro atoms. The Hall–Kier alpha value is -11.7. The minimum absolute atomic E-state index is 0.0335. The number of nitrogens with one attached hydrogen (secondary N) is 8. The number of benzene rings is 6. The first kappa shape index (κ1) is 77.4. The summed E-state index contributed by atoms with van der Waals surface area (Å²) in [4.78, 5) is 146. The smallest absolute Gasteiger partial charge is 0.326 e. The molecule has 0 radical (unpaired) electrons. The lowest BCUT2D eigenvalue weighted by Gasteiger charge is -2.32. The molecule has 10 N–H and O–H groups in total. The molecule has 8 aromatic rings. The van der Waals surface area contributed by atoms with Gasteiger partial charge in [-0.1, -0.05) is 165 Å². The molecule has 30 nitrogen and oxygen atoms in total. The van der Waals surface area contributed by atoms with Gasteiger partial charge in [0.2, 0.25) is 47.3 Å². The molecule has 12 unspecified atom stereocenters. The number of fused-ring (bicyclic) bond motifs is 2. The van der Waals surface area contributed by atoms with Crippen LogP contribution in [0.2, 0.25) is 0 Å². The van der Waals surface area contributed by atoms with E-state index in [1.807, 2.05) is 84.9 Å². The molecule has 2 saturated heterocycles. The van der Waals surface area contributed by atoms with Crippen LogP contribution in [-0.2, 0) is 86.8 Å². The summed E-state index contributed by atoms with van der Waals surface area (Å²) in [5.41, 5.74) is 3.32. The second kappa shape index (κ2) is 34.7. The van der Waals surface area contributed by atoms with Crippen LogP contribution in [0.25, 0.3) is 21.5 Å². The van der Waals surface area contributed by atoms with Crippen LogP contribution in [0.1, 0.15) is 100.0 Å². The lowest BCUT2D eigenvalue weighted by atomic mass is 9.97. The predicted molar refractivity (Wildman–Crippen MR) is 396 cm³/mol. The molecule has 8 amide bonds. The van der Waals surface area contributed by atoms with E-state index in [4.69, 9.17) is 9.47 Å². The Balaban J connectivity index is 0.920. The number of likely N-dealkylation sites (N-methyl/N-ethyl adjacent to an activating group) is 2. The van der Waals surface area contributed by atoms with Gasteiger partial charge in [0.05, 0.1) is 36.6 Å². The summed E-state index contributed by atoms with van der Waals surface area (Å²) < 4.78 is 15.3. The maximum absolute atomic E-state index is 15.3. The number of nitrogens with zero attached hydrogens (tertiary/aromatic N) is 8. The highest BCUT2D eigenvalue weighted by molar-refractivity contribution is 5.99. The van der Waals surface area contributed by atoms with Gasteiger partial charge in [-0.15, -0.1) is 5.10 Å². The number of carboxylic acid groups (broad SMARTS) is 2. The molecule has 568 valence electrons. The van der Waals surface area contributed by atoms with Crippen molar-refractivity contribution in [3.8, 4) is 11.6 Å². The van der Waals surface area contributed by atoms with Crippen molar-refractivity contribution < 1.29 is 67.6 Å². The van der Waals surface area contributed by atoms with Crippen LogP contribution >= 0.6 is 0 Å². The molecular weight excluding hydrogens is 1380 g/mol. The van der Waals surface area contributed by atoms with Crippen LogP contribution < -0.4 is 52.0 Å². The van der Waals surface area contributed by atoms with Crippen LogP contribution in [0.5, 0.6) is 11.6 Å². The Labute approximate surface area is 623 Å². The average molecular weight is 1480 g/mol. The van der Waals surface area contributed by atoms with Gasteiger partial charge in [0.25, 0.3) is 5.88 Å². The molecule has 108 heavy (non-hydrogen) atoms. The molecule has 0 saturated carbocycles. The van der Waals surface area contributed by atoms with E-state index in [1.165, 1.54) is 25.4 Å². The number of aromatic nitrogens is 6. The fraction of sp³-hybridized carbons (Fsp3) is 0.410. The fourth-order valence-corrected chi connectivity index (χ4v) is 13.8. The van der Waals surface area contributed by atoms with Crippen LogP contribution in [-0.4, -0.2) is 197 Å². The Bertz CT molecular complexity index is 4310. The largest absolute Gasteiger partial charge is 0.487 e. The predicted octanol–water partition coefficient (Wildman–Crippen LogP) is 3.51. The van der Waals surface area contributed by atoms with Crippen molar-refractivity contribution in [2.45, 2.75) is 166 Å². The minimum atomic E-state index is -1.52. The normalized spacial score (nSPS) is 21.6. The molecule has 12 atom stereocenters. The Kier molecular flexibility index (Phi) is 24.9. The number of aliphatic carboxylic acids is 2. The summed E-state index contributed by atoms with van der Waals surface area (Å²) in [5.74, 6) is -8.38. The summed E-state index contributed by atoms with van der Waals surface area (Å²) in [5, 5.41) is 65.0. The van der Waals surface area contributed by atoms with Gasteiger partial charge in [-0.2, -0.15) is 0 Å². The molecule has 0 aliphatic carbocycles. The van der Waals surface area contributed by atoms with E-state index in [1.54, 1.807) is 110 Å². The standard InChI is InChI=1S/C78H92N16O14/c1-43(2)67(85-69(95)45(5)79-7)75(101)91-38-55-35-64(91)73(99)81-60(33-52-19-13-17-50-15-9-11-21-58(50)52)71(97)83-62(77(103)104)31-47-23-25-49(26-24-47)41-108-66-40-94(90-88-66)56-36-65(92(39-56)76(102)68(44(3)4)86-70(96)46(6)80-8)74(100)82-61(34-53-20-14-18-51-16-10-12-22-59(51)53)72(98)84-63(78(105)106)32-48-27-29-57(30-28-48)107-42-54-37-93(55)89-87-54/h9-30,37,40,43-46,55-56,60-65,67-68,79-80H,31-36,38-39,41-42H2,1-8H3,(H,81,99)(H,82,100)(H,83,97)(H,84,98)(H,85,95)(H,86,96)(H,103,104)(H,105,106). The highest BCUT2D eigenvalue weighted by Crippen LogP contribution is 2.33. The number of hydrogen-bond donors (Lipinski definition) is 10. The number of hydrogen-bond acceptors (Lipinski definition) is 18. The first-order chi connectivity index (χ1) is 51.8. The van der Waals surface area contributed by atoms with Gasteiger partial charge < -0.3 is 72.0 Å². The van der Waals surface area contributed by atoms with Crippen molar-refractivity contribution in [1.29, 1.82) is 0 Å². The van der Waals surface area contributed by atoms with Gasteiger partial charge in [0.1, 0.15) is 73.0 Å². The van der Waals surface area contributed by atoms with Gasteiger partial charge in [-0.3, -0.25) is 38.4 Å². The van der Waals surface area contributed by atoms with Gasteiger partial charge in [0.15, 0.2) is 0 Å². The third kappa shape index (κ3) is 18.6. The van der Waals surface area contributed by atoms with Crippen LogP contribution in [0, 0.1) is 11.8 Å². The van der Waals surface area contributed by atoms with Crippen LogP contribution in [0.15, 0.2) is 146 Å². The zero-order chi connectivity index (χ0) is 77.0. The average Bonchev–Trinajstić information content (AvgIpc) is 1.59. The van der Waals surface area contributed by atoms with Crippen molar-refractivity contribution in [3.63, 3.8) is 0 Å². The van der Waals surface area contributed by atoms with Gasteiger partial charge in [0, 0.05) is 51.6 Å². The summed E-state index contributed by atoms with van der Waals surface area (Å²) in [6.07, 6.45) is 2.45. The minimum Gasteiger partial charge on any atom is -0.487 e. The molecule has 30 heteroatoms. The maximum atomic E-state index is 15.3. The summed E-state index contributed by atoms with van der Waals surface area (Å²) in [7, 11) is 3.22. The zero-order valence-electron chi connectivity index (χ0n) is 61.4. The Morgan fingerprint density at radius 2 is 0.926 bits per heavy atom. The summed E-state index contributed by atoms with van der Waals surface area (Å²) >= 11 is 0. The van der Waals surface area contributed by atoms with Crippen LogP contribution in [0.4, 0.5) is 0 Å². The second-order valence-electron chi connectivity index (χ2n) is 28.6. The van der Waals surface area contributed by atoms with Gasteiger partial charge >= 0.3 is 11.9 Å². The molecule has 6 aromatic carbocycles. The first-order valence-electron chi connectivity index (χ1n) is 36.2. The number of amides is 8. The number of carboxylic acids is 2. The molecule has 2 aromatic heterocycles. The molecule has 8 heterocycles. The lowest BCUT2D eigenvalue weighted by Crippen LogP contribution is -2.59. The maximum Gasteiger partial charge on any atom is 0.326 e. The molecule has 14 rings (SSSR count). The van der Waals surface area contributed by atoms with E-state index in [0.29, 0.717) is 39.3 Å². The quantitative estimate of drug-likeness (QED) is 0.0661. The van der Waals surface area contributed by atoms with E-state index < -0.39 is 144 Å². The molecule has 2 fully saturated rings. The Morgan fingerprint density at radius 3 is 1.38 bits per heavy atom. The zero-order valence-corrected chi connectivity index (χ0v) is 61.4. The van der Waals surface area contributed by atoms with Crippen molar-refractivity contribution in [1.82, 2.24) is 82.3 Å². The number of carbonyl (C=O) groups is 10. The van der Waals surface area contributed by atoms with Gasteiger partial charge in [-0.25, -0.2) is 19.0 Å². The number of rotatable bonds is 16. The topological polar surface area (TPSA) is 394 Å². The van der Waals surface area contributed by atoms with Crippen molar-refractivity contribution in [2.75, 3.05) is 27.2 Å². The van der Waals surface area contributed by atoms with Crippen LogP contribution in [0.3, 0.4) is 0 Å². The molecular formula is C78H92N16O14. The first-order valence-corrected chi connectivity index (χ1v) is 36.2. The van der Waals surface area contributed by atoms with E-state index in [-0.39, 0.29) is 70.7 Å². The molecule has 6 aliphatic rings. The number of ether oxygens (including phenoxy) is 2. The van der Waals surface area contributed by atoms with Crippen molar-refractivity contribution in [2.24, 2.45) is 11.8 Å². The third-order valence-electron chi connectivity index (χ3n) is 20.3. The van der Waals surface area contributed by atoms with Crippen molar-refractivity contribution >= 4 is 80.7 Å². The van der Waals surface area contributed by atoms with E-state index in [0.717, 1.165) is 21.5 Å². The lowest BCUT2D eigenvalue weighted by molar-refractivity contribution is -0.144. The van der Waals surface area contributed by atoms with Crippen molar-refractivity contribution in [3.05, 3.63) is 179 Å².